The minimum Gasteiger partial charge on any atom is -0.497 e. The Labute approximate surface area is 295 Å². The van der Waals surface area contributed by atoms with Crippen molar-refractivity contribution in [3.63, 3.8) is 0 Å². The molecular weight excluding hydrogens is 608 g/mol. The Balaban J connectivity index is 0.000000874. The van der Waals surface area contributed by atoms with Crippen LogP contribution in [0, 0.1) is 11.3 Å². The summed E-state index contributed by atoms with van der Waals surface area (Å²) in [6, 6.07) is 13.5. The molecule has 0 radical (unpaired) electrons. The van der Waals surface area contributed by atoms with Crippen LogP contribution >= 0.6 is 0 Å². The van der Waals surface area contributed by atoms with Gasteiger partial charge in [-0.25, -0.2) is 0 Å². The van der Waals surface area contributed by atoms with Crippen LogP contribution in [-0.2, 0) is 11.3 Å². The largest absolute Gasteiger partial charge is 0.497 e. The number of hydrogen-bond donors (Lipinski definition) is 2. The Bertz CT molecular complexity index is 1640. The Morgan fingerprint density at radius 3 is 2.29 bits per heavy atom. The van der Waals surface area contributed by atoms with Gasteiger partial charge in [-0.05, 0) is 106 Å². The lowest BCUT2D eigenvalue weighted by Crippen LogP contribution is -2.61. The predicted octanol–water partition coefficient (Wildman–Crippen LogP) is 8.89. The van der Waals surface area contributed by atoms with Crippen molar-refractivity contribution in [3.05, 3.63) is 53.1 Å². The van der Waals surface area contributed by atoms with E-state index in [1.165, 1.54) is 34.2 Å². The number of hydrogen-bond acceptors (Lipinski definition) is 4. The van der Waals surface area contributed by atoms with Gasteiger partial charge >= 0.3 is 0 Å². The molecule has 5 unspecified atom stereocenters. The highest BCUT2D eigenvalue weighted by Gasteiger charge is 2.65. The number of benzene rings is 2. The number of carbonyl (C=O) groups excluding carboxylic acids is 2. The minimum atomic E-state index is -0.514. The van der Waals surface area contributed by atoms with E-state index in [2.05, 4.69) is 98.9 Å². The molecule has 49 heavy (non-hydrogen) atoms. The van der Waals surface area contributed by atoms with E-state index in [4.69, 9.17) is 4.74 Å². The average Bonchev–Trinajstić information content (AvgIpc) is 3.77. The molecule has 7 heteroatoms. The molecule has 6 rings (SSSR count). The molecule has 1 aromatic heterocycles. The fourth-order valence-corrected chi connectivity index (χ4v) is 8.51. The number of carbonyl (C=O) groups is 2. The molecule has 0 bridgehead atoms. The van der Waals surface area contributed by atoms with Gasteiger partial charge in [0.05, 0.1) is 18.2 Å². The van der Waals surface area contributed by atoms with Gasteiger partial charge in [0.25, 0.3) is 5.91 Å². The molecule has 268 valence electrons. The van der Waals surface area contributed by atoms with Crippen LogP contribution in [-0.4, -0.2) is 60.6 Å². The molecule has 3 aromatic rings. The monoisotopic (exact) mass is 670 g/mol. The number of likely N-dealkylation sites (tertiary alicyclic amines) is 1. The predicted molar refractivity (Wildman–Crippen MR) is 203 cm³/mol. The van der Waals surface area contributed by atoms with Crippen molar-refractivity contribution >= 4 is 22.7 Å². The fourth-order valence-electron chi connectivity index (χ4n) is 8.51. The molecule has 2 aromatic carbocycles. The highest BCUT2D eigenvalue weighted by Crippen LogP contribution is 2.66. The van der Waals surface area contributed by atoms with Crippen LogP contribution < -0.4 is 15.4 Å². The fraction of sp³-hybridized carbons (Fsp3) is 0.619. The molecule has 7 nitrogen and oxygen atoms in total. The molecular formula is C42H62N4O3. The van der Waals surface area contributed by atoms with E-state index in [-0.39, 0.29) is 23.9 Å². The van der Waals surface area contributed by atoms with Gasteiger partial charge in [0.1, 0.15) is 5.75 Å². The third-order valence-electron chi connectivity index (χ3n) is 11.8. The smallest absolute Gasteiger partial charge is 0.251 e. The number of ether oxygens (including phenoxy) is 1. The van der Waals surface area contributed by atoms with Crippen LogP contribution in [0.15, 0.2) is 36.4 Å². The zero-order valence-corrected chi connectivity index (χ0v) is 31.9. The van der Waals surface area contributed by atoms with Crippen molar-refractivity contribution in [2.24, 2.45) is 11.3 Å². The lowest BCUT2D eigenvalue weighted by Gasteiger charge is -2.50. The van der Waals surface area contributed by atoms with E-state index in [9.17, 15) is 9.59 Å². The van der Waals surface area contributed by atoms with Gasteiger partial charge in [0.2, 0.25) is 5.91 Å². The van der Waals surface area contributed by atoms with Gasteiger partial charge in [0.15, 0.2) is 0 Å². The lowest BCUT2D eigenvalue weighted by atomic mass is 9.84. The van der Waals surface area contributed by atoms with Crippen molar-refractivity contribution < 1.29 is 14.3 Å². The molecule has 3 heterocycles. The SMILES string of the molecule is CCC(C)C.CCCC(CCC)c1c2n(c3cc(C(=O)NC)ccc13)CC1(C(=O)N3C(C)CC3CC(C)NC)CC1c1cc(OC)ccc1-2. The number of rotatable bonds is 12. The Morgan fingerprint density at radius 2 is 1.71 bits per heavy atom. The van der Waals surface area contributed by atoms with E-state index in [0.717, 1.165) is 62.1 Å². The Morgan fingerprint density at radius 1 is 1.02 bits per heavy atom. The van der Waals surface area contributed by atoms with Gasteiger partial charge in [-0.1, -0.05) is 59.9 Å². The zero-order chi connectivity index (χ0) is 35.6. The summed E-state index contributed by atoms with van der Waals surface area (Å²) in [5.74, 6) is 2.45. The molecule has 2 N–H and O–H groups in total. The maximum Gasteiger partial charge on any atom is 0.251 e. The van der Waals surface area contributed by atoms with Crippen molar-refractivity contribution in [3.8, 4) is 17.0 Å². The average molecular weight is 671 g/mol. The second-order valence-electron chi connectivity index (χ2n) is 15.5. The molecule has 2 fully saturated rings. The summed E-state index contributed by atoms with van der Waals surface area (Å²) in [6.07, 6.45) is 8.57. The molecule has 2 amide bonds. The second-order valence-corrected chi connectivity index (χ2v) is 15.5. The van der Waals surface area contributed by atoms with Gasteiger partial charge in [0, 0.05) is 59.7 Å². The van der Waals surface area contributed by atoms with Crippen molar-refractivity contribution in [2.45, 2.75) is 136 Å². The van der Waals surface area contributed by atoms with Crippen LogP contribution in [0.4, 0.5) is 0 Å². The second kappa shape index (κ2) is 15.3. The summed E-state index contributed by atoms with van der Waals surface area (Å²) < 4.78 is 8.19. The summed E-state index contributed by atoms with van der Waals surface area (Å²) >= 11 is 0. The van der Waals surface area contributed by atoms with E-state index in [1.807, 2.05) is 13.1 Å². The highest BCUT2D eigenvalue weighted by molar-refractivity contribution is 6.02. The topological polar surface area (TPSA) is 75.6 Å². The van der Waals surface area contributed by atoms with Crippen LogP contribution in [0.3, 0.4) is 0 Å². The summed E-state index contributed by atoms with van der Waals surface area (Å²) in [5.41, 5.74) is 6.25. The first-order valence-electron chi connectivity index (χ1n) is 19.1. The number of amides is 2. The first kappa shape index (κ1) is 36.9. The van der Waals surface area contributed by atoms with E-state index >= 15 is 0 Å². The number of aromatic nitrogens is 1. The van der Waals surface area contributed by atoms with E-state index in [1.54, 1.807) is 14.2 Å². The third kappa shape index (κ3) is 6.89. The zero-order valence-electron chi connectivity index (χ0n) is 31.9. The first-order chi connectivity index (χ1) is 23.5. The molecule has 0 spiro atoms. The normalized spacial score (nSPS) is 22.7. The summed E-state index contributed by atoms with van der Waals surface area (Å²) in [7, 11) is 5.40. The lowest BCUT2D eigenvalue weighted by molar-refractivity contribution is -0.151. The molecule has 3 aliphatic rings. The molecule has 2 aliphatic heterocycles. The molecule has 1 saturated heterocycles. The minimum absolute atomic E-state index is 0.0904. The Kier molecular flexibility index (Phi) is 11.5. The number of nitrogens with zero attached hydrogens (tertiary/aromatic N) is 2. The molecule has 1 saturated carbocycles. The van der Waals surface area contributed by atoms with Gasteiger partial charge in [-0.15, -0.1) is 0 Å². The standard InChI is InChI=1S/C37H50N4O3.C5H12/c1-8-10-24(11-9-2)33-29-14-12-25(35(42)39-6)18-32(29)40-21-37(36(43)41-23(4)17-26(41)16-22(3)38-5)20-31(37)30-19-27(44-7)13-15-28(30)34(33)40;1-4-5(2)3/h12-15,18-19,22-24,26,31,38H,8-11,16-17,20-21H2,1-7H3,(H,39,42);5H,4H2,1-3H3. The van der Waals surface area contributed by atoms with Crippen molar-refractivity contribution in [1.82, 2.24) is 20.1 Å². The number of nitrogens with one attached hydrogen (secondary N) is 2. The first-order valence-corrected chi connectivity index (χ1v) is 19.1. The van der Waals surface area contributed by atoms with Gasteiger partial charge in [-0.2, -0.15) is 0 Å². The maximum atomic E-state index is 14.9. The van der Waals surface area contributed by atoms with Crippen LogP contribution in [0.2, 0.25) is 0 Å². The molecule has 1 aliphatic carbocycles. The van der Waals surface area contributed by atoms with Crippen molar-refractivity contribution in [1.29, 1.82) is 0 Å². The van der Waals surface area contributed by atoms with E-state index < -0.39 is 5.41 Å². The van der Waals surface area contributed by atoms with Crippen LogP contribution in [0.25, 0.3) is 22.2 Å². The highest BCUT2D eigenvalue weighted by atomic mass is 16.5. The maximum absolute atomic E-state index is 14.9. The van der Waals surface area contributed by atoms with Gasteiger partial charge < -0.3 is 24.8 Å². The third-order valence-corrected chi connectivity index (χ3v) is 11.8. The van der Waals surface area contributed by atoms with Crippen molar-refractivity contribution in [2.75, 3.05) is 21.2 Å². The number of methoxy groups -OCH3 is 1. The Hall–Kier alpha value is -3.32. The summed E-state index contributed by atoms with van der Waals surface area (Å²) in [5, 5.41) is 7.39. The van der Waals surface area contributed by atoms with Gasteiger partial charge in [-0.3, -0.25) is 9.59 Å². The number of fused-ring (bicyclic) bond motifs is 7. The van der Waals surface area contributed by atoms with E-state index in [0.29, 0.717) is 30.0 Å². The molecule has 5 atom stereocenters. The quantitative estimate of drug-likeness (QED) is 0.202. The summed E-state index contributed by atoms with van der Waals surface area (Å²) in [6.45, 7) is 16.2. The summed E-state index contributed by atoms with van der Waals surface area (Å²) in [4.78, 5) is 29.9. The van der Waals surface area contributed by atoms with Crippen LogP contribution in [0.5, 0.6) is 5.75 Å². The van der Waals surface area contributed by atoms with Crippen LogP contribution in [0.1, 0.15) is 133 Å².